The first-order chi connectivity index (χ1) is 14.7. The first kappa shape index (κ1) is 25.4. The van der Waals surface area contributed by atoms with Crippen LogP contribution in [0.5, 0.6) is 0 Å². The Morgan fingerprint density at radius 2 is 2.00 bits per heavy atom. The number of rotatable bonds is 9. The van der Waals surface area contributed by atoms with Crippen LogP contribution in [0.1, 0.15) is 59.3 Å². The minimum atomic E-state index is -0.682. The number of hydrogen-bond donors (Lipinski definition) is 2. The van der Waals surface area contributed by atoms with Crippen molar-refractivity contribution in [1.29, 1.82) is 0 Å². The van der Waals surface area contributed by atoms with E-state index in [0.717, 1.165) is 25.7 Å². The average Bonchev–Trinajstić information content (AvgIpc) is 3.21. The molecule has 10 heteroatoms. The van der Waals surface area contributed by atoms with Crippen LogP contribution in [-0.4, -0.2) is 58.4 Å². The first-order valence-electron chi connectivity index (χ1n) is 10.7. The number of anilines is 1. The molecule has 1 aliphatic rings. The minimum absolute atomic E-state index is 0.156. The predicted octanol–water partition coefficient (Wildman–Crippen LogP) is 4.01. The molecule has 0 spiro atoms. The maximum absolute atomic E-state index is 13.1. The van der Waals surface area contributed by atoms with Crippen LogP contribution in [0, 0.1) is 5.92 Å². The Morgan fingerprint density at radius 1 is 1.29 bits per heavy atom. The predicted molar refractivity (Wildman–Crippen MR) is 122 cm³/mol. The minimum Gasteiger partial charge on any atom is -0.444 e. The maximum Gasteiger partial charge on any atom is 0.407 e. The zero-order valence-corrected chi connectivity index (χ0v) is 20.1. The largest absolute Gasteiger partial charge is 0.444 e. The van der Waals surface area contributed by atoms with Gasteiger partial charge in [-0.3, -0.25) is 9.59 Å². The maximum atomic E-state index is 13.1. The number of carbonyl (C=O) groups excluding carboxylic acids is 3. The first-order valence-corrected chi connectivity index (χ1v) is 12.1. The van der Waals surface area contributed by atoms with Crippen molar-refractivity contribution in [1.82, 2.24) is 15.2 Å². The van der Waals surface area contributed by atoms with Crippen LogP contribution in [0.4, 0.5) is 9.93 Å². The third-order valence-electron chi connectivity index (χ3n) is 5.08. The lowest BCUT2D eigenvalue weighted by Crippen LogP contribution is -2.51. The van der Waals surface area contributed by atoms with Gasteiger partial charge in [-0.15, -0.1) is 22.9 Å². The zero-order valence-electron chi connectivity index (χ0n) is 18.5. The second-order valence-corrected chi connectivity index (χ2v) is 9.89. The molecule has 1 atom stereocenters. The van der Waals surface area contributed by atoms with Gasteiger partial charge in [0.2, 0.25) is 11.8 Å². The van der Waals surface area contributed by atoms with Gasteiger partial charge >= 0.3 is 6.09 Å². The van der Waals surface area contributed by atoms with Gasteiger partial charge in [0, 0.05) is 24.7 Å². The van der Waals surface area contributed by atoms with Gasteiger partial charge in [-0.25, -0.2) is 9.78 Å². The highest BCUT2D eigenvalue weighted by Gasteiger charge is 2.32. The summed E-state index contributed by atoms with van der Waals surface area (Å²) in [5.74, 6) is -0.498. The number of amides is 3. The Hall–Kier alpha value is -1.87. The van der Waals surface area contributed by atoms with Gasteiger partial charge in [0.15, 0.2) is 5.13 Å². The van der Waals surface area contributed by atoms with Gasteiger partial charge in [0.05, 0.1) is 0 Å². The van der Waals surface area contributed by atoms with E-state index in [1.807, 2.05) is 0 Å². The number of alkyl carbamates (subject to hydrolysis) is 1. The van der Waals surface area contributed by atoms with E-state index in [2.05, 4.69) is 15.6 Å². The number of alkyl halides is 1. The van der Waals surface area contributed by atoms with E-state index < -0.39 is 17.7 Å². The zero-order chi connectivity index (χ0) is 22.9. The third-order valence-corrected chi connectivity index (χ3v) is 6.00. The van der Waals surface area contributed by atoms with Gasteiger partial charge in [-0.05, 0) is 33.1 Å². The molecule has 0 unspecified atom stereocenters. The summed E-state index contributed by atoms with van der Waals surface area (Å²) in [7, 11) is 0. The van der Waals surface area contributed by atoms with Crippen LogP contribution in [-0.2, 0) is 14.3 Å². The summed E-state index contributed by atoms with van der Waals surface area (Å²) in [6.07, 6.45) is 7.16. The third kappa shape index (κ3) is 9.03. The number of ether oxygens (including phenoxy) is 1. The van der Waals surface area contributed by atoms with Crippen LogP contribution >= 0.6 is 22.9 Å². The Balaban J connectivity index is 2.10. The van der Waals surface area contributed by atoms with Crippen LogP contribution in [0.2, 0.25) is 0 Å². The molecule has 1 heterocycles. The summed E-state index contributed by atoms with van der Waals surface area (Å²) in [4.78, 5) is 43.4. The van der Waals surface area contributed by atoms with E-state index in [9.17, 15) is 14.4 Å². The molecule has 31 heavy (non-hydrogen) atoms. The van der Waals surface area contributed by atoms with Crippen molar-refractivity contribution in [3.63, 3.8) is 0 Å². The summed E-state index contributed by atoms with van der Waals surface area (Å²) < 4.78 is 5.24. The fourth-order valence-electron chi connectivity index (χ4n) is 3.71. The van der Waals surface area contributed by atoms with Crippen molar-refractivity contribution in [2.45, 2.75) is 70.9 Å². The summed E-state index contributed by atoms with van der Waals surface area (Å²) in [5, 5.41) is 7.74. The van der Waals surface area contributed by atoms with E-state index in [-0.39, 0.29) is 30.8 Å². The lowest BCUT2D eigenvalue weighted by Gasteiger charge is -2.34. The van der Waals surface area contributed by atoms with E-state index in [1.165, 1.54) is 22.7 Å². The summed E-state index contributed by atoms with van der Waals surface area (Å²) in [6, 6.07) is -0.682. The van der Waals surface area contributed by atoms with E-state index in [4.69, 9.17) is 16.3 Å². The molecule has 1 aromatic rings. The highest BCUT2D eigenvalue weighted by molar-refractivity contribution is 7.13. The number of aromatic nitrogens is 1. The fraction of sp³-hybridized carbons (Fsp3) is 0.714. The quantitative estimate of drug-likeness (QED) is 0.529. The fourth-order valence-corrected chi connectivity index (χ4v) is 4.40. The molecule has 8 nitrogen and oxygen atoms in total. The Labute approximate surface area is 193 Å². The van der Waals surface area contributed by atoms with Crippen LogP contribution in [0.15, 0.2) is 11.6 Å². The van der Waals surface area contributed by atoms with Crippen molar-refractivity contribution in [2.75, 3.05) is 24.3 Å². The van der Waals surface area contributed by atoms with Crippen molar-refractivity contribution in [3.05, 3.63) is 11.6 Å². The number of carbonyl (C=O) groups is 3. The molecule has 1 aliphatic carbocycles. The Morgan fingerprint density at radius 3 is 2.58 bits per heavy atom. The standard InChI is InChI=1S/C21H33ClN4O4S/c1-21(2,3)30-20(29)24-9-11-26(17(27)14-22)16(13-15-7-5-4-6-8-15)18(28)25-19-23-10-12-31-19/h10,12,15-16H,4-9,11,13-14H2,1-3H3,(H,24,29)(H,23,25,28)/t16-/m0/s1. The molecule has 1 fully saturated rings. The van der Waals surface area contributed by atoms with Crippen LogP contribution in [0.3, 0.4) is 0 Å². The van der Waals surface area contributed by atoms with E-state index in [0.29, 0.717) is 17.5 Å². The molecule has 1 aromatic heterocycles. The smallest absolute Gasteiger partial charge is 0.407 e. The van der Waals surface area contributed by atoms with Crippen molar-refractivity contribution in [3.8, 4) is 0 Å². The topological polar surface area (TPSA) is 101 Å². The highest BCUT2D eigenvalue weighted by atomic mass is 35.5. The molecule has 2 rings (SSSR count). The molecule has 2 N–H and O–H groups in total. The molecule has 1 saturated carbocycles. The lowest BCUT2D eigenvalue weighted by molar-refractivity contribution is -0.137. The Kier molecular flexibility index (Phi) is 10.0. The summed E-state index contributed by atoms with van der Waals surface area (Å²) >= 11 is 7.19. The van der Waals surface area contributed by atoms with Crippen molar-refractivity contribution >= 4 is 46.0 Å². The molecule has 0 aromatic carbocycles. The molecule has 174 valence electrons. The average molecular weight is 473 g/mol. The number of hydrogen-bond acceptors (Lipinski definition) is 6. The molecule has 0 bridgehead atoms. The van der Waals surface area contributed by atoms with Gasteiger partial charge < -0.3 is 20.3 Å². The second-order valence-electron chi connectivity index (χ2n) is 8.73. The highest BCUT2D eigenvalue weighted by Crippen LogP contribution is 2.29. The van der Waals surface area contributed by atoms with E-state index >= 15 is 0 Å². The van der Waals surface area contributed by atoms with Crippen molar-refractivity contribution < 1.29 is 19.1 Å². The Bertz CT molecular complexity index is 717. The SMILES string of the molecule is CC(C)(C)OC(=O)NCCN(C(=O)CCl)[C@@H](CC1CCCCC1)C(=O)Nc1nccs1. The molecule has 0 radical (unpaired) electrons. The molecule has 0 saturated heterocycles. The molecule has 3 amide bonds. The van der Waals surface area contributed by atoms with Crippen LogP contribution < -0.4 is 10.6 Å². The summed E-state index contributed by atoms with van der Waals surface area (Å²) in [5.41, 5.74) is -0.618. The normalized spacial score (nSPS) is 15.7. The van der Waals surface area contributed by atoms with Crippen molar-refractivity contribution in [2.24, 2.45) is 5.92 Å². The van der Waals surface area contributed by atoms with E-state index in [1.54, 1.807) is 32.3 Å². The molecular formula is C21H33ClN4O4S. The number of nitrogens with one attached hydrogen (secondary N) is 2. The van der Waals surface area contributed by atoms with Gasteiger partial charge in [0.25, 0.3) is 0 Å². The number of thiazole rings is 1. The van der Waals surface area contributed by atoms with Gasteiger partial charge in [-0.2, -0.15) is 0 Å². The summed E-state index contributed by atoms with van der Waals surface area (Å²) in [6.45, 7) is 5.65. The molecule has 0 aliphatic heterocycles. The lowest BCUT2D eigenvalue weighted by atomic mass is 9.84. The van der Waals surface area contributed by atoms with Crippen LogP contribution in [0.25, 0.3) is 0 Å². The monoisotopic (exact) mass is 472 g/mol. The number of halogens is 1. The van der Waals surface area contributed by atoms with Gasteiger partial charge in [0.1, 0.15) is 17.5 Å². The molecular weight excluding hydrogens is 440 g/mol. The second kappa shape index (κ2) is 12.2. The van der Waals surface area contributed by atoms with Gasteiger partial charge in [-0.1, -0.05) is 32.1 Å². The number of nitrogens with zero attached hydrogens (tertiary/aromatic N) is 2.